The lowest BCUT2D eigenvalue weighted by atomic mass is 10.1. The molecule has 1 aromatic heterocycles. The van der Waals surface area contributed by atoms with Crippen molar-refractivity contribution in [1.29, 1.82) is 0 Å². The molecule has 4 heteroatoms. The monoisotopic (exact) mass is 232 g/mol. The highest BCUT2D eigenvalue weighted by Crippen LogP contribution is 2.28. The van der Waals surface area contributed by atoms with Gasteiger partial charge < -0.3 is 10.2 Å². The Morgan fingerprint density at radius 1 is 1.35 bits per heavy atom. The van der Waals surface area contributed by atoms with Crippen LogP contribution in [0.2, 0.25) is 0 Å². The van der Waals surface area contributed by atoms with Crippen LogP contribution in [0.5, 0.6) is 0 Å². The molecule has 4 nitrogen and oxygen atoms in total. The number of benzene rings is 1. The van der Waals surface area contributed by atoms with E-state index in [-0.39, 0.29) is 5.76 Å². The molecule has 3 rings (SSSR count). The van der Waals surface area contributed by atoms with Gasteiger partial charge in [-0.05, 0) is 30.9 Å². The highest BCUT2D eigenvalue weighted by Gasteiger charge is 2.19. The fraction of sp³-hybridized carbons (Fsp3) is 0.462. The zero-order chi connectivity index (χ0) is 11.8. The van der Waals surface area contributed by atoms with Gasteiger partial charge in [-0.15, -0.1) is 0 Å². The molecule has 0 atom stereocenters. The minimum absolute atomic E-state index is 0.287. The van der Waals surface area contributed by atoms with Crippen LogP contribution in [0.25, 0.3) is 11.1 Å². The van der Waals surface area contributed by atoms with Gasteiger partial charge in [-0.25, -0.2) is 4.79 Å². The van der Waals surface area contributed by atoms with E-state index >= 15 is 0 Å². The van der Waals surface area contributed by atoms with E-state index in [1.54, 1.807) is 16.7 Å². The van der Waals surface area contributed by atoms with Crippen molar-refractivity contribution in [1.82, 2.24) is 4.57 Å². The van der Waals surface area contributed by atoms with Crippen molar-refractivity contribution in [3.63, 3.8) is 0 Å². The van der Waals surface area contributed by atoms with Gasteiger partial charge >= 0.3 is 5.76 Å². The number of nitrogen functional groups attached to an aromatic ring is 1. The third kappa shape index (κ3) is 1.73. The third-order valence-corrected chi connectivity index (χ3v) is 3.63. The summed E-state index contributed by atoms with van der Waals surface area (Å²) < 4.78 is 6.91. The van der Waals surface area contributed by atoms with Crippen LogP contribution in [0.15, 0.2) is 27.4 Å². The predicted molar refractivity (Wildman–Crippen MR) is 66.8 cm³/mol. The number of para-hydroxylation sites is 1. The molecule has 1 aliphatic rings. The minimum Gasteiger partial charge on any atom is -0.408 e. The molecule has 2 N–H and O–H groups in total. The molecule has 17 heavy (non-hydrogen) atoms. The van der Waals surface area contributed by atoms with E-state index in [2.05, 4.69) is 0 Å². The Morgan fingerprint density at radius 3 is 2.88 bits per heavy atom. The van der Waals surface area contributed by atoms with Gasteiger partial charge in [0.15, 0.2) is 5.58 Å². The van der Waals surface area contributed by atoms with Crippen LogP contribution < -0.4 is 11.5 Å². The van der Waals surface area contributed by atoms with Gasteiger partial charge in [0.2, 0.25) is 0 Å². The molecule has 0 spiro atoms. The molecule has 2 aromatic rings. The number of rotatable bonds is 2. The molecule has 0 amide bonds. The molecule has 0 radical (unpaired) electrons. The van der Waals surface area contributed by atoms with Crippen molar-refractivity contribution < 1.29 is 4.42 Å². The summed E-state index contributed by atoms with van der Waals surface area (Å²) in [5.41, 5.74) is 7.89. The summed E-state index contributed by atoms with van der Waals surface area (Å²) in [6.45, 7) is 0.736. The van der Waals surface area contributed by atoms with E-state index in [1.165, 1.54) is 25.7 Å². The van der Waals surface area contributed by atoms with Crippen LogP contribution in [-0.4, -0.2) is 4.57 Å². The second kappa shape index (κ2) is 3.95. The normalized spacial score (nSPS) is 16.9. The molecule has 1 aliphatic carbocycles. The molecule has 90 valence electrons. The molecule has 0 aliphatic heterocycles. The number of hydrogen-bond acceptors (Lipinski definition) is 3. The van der Waals surface area contributed by atoms with Crippen molar-refractivity contribution in [2.75, 3.05) is 5.73 Å². The van der Waals surface area contributed by atoms with Crippen molar-refractivity contribution in [3.05, 3.63) is 28.7 Å². The Kier molecular flexibility index (Phi) is 2.42. The van der Waals surface area contributed by atoms with Crippen molar-refractivity contribution >= 4 is 16.8 Å². The molecule has 1 heterocycles. The first-order valence-corrected chi connectivity index (χ1v) is 6.13. The fourth-order valence-electron chi connectivity index (χ4n) is 2.77. The van der Waals surface area contributed by atoms with E-state index in [0.717, 1.165) is 12.1 Å². The van der Waals surface area contributed by atoms with E-state index in [0.29, 0.717) is 17.2 Å². The number of nitrogens with zero attached hydrogens (tertiary/aromatic N) is 1. The number of nitrogens with two attached hydrogens (primary N) is 1. The van der Waals surface area contributed by atoms with E-state index < -0.39 is 0 Å². The van der Waals surface area contributed by atoms with Gasteiger partial charge in [0.1, 0.15) is 5.52 Å². The van der Waals surface area contributed by atoms with Gasteiger partial charge in [0.25, 0.3) is 0 Å². The van der Waals surface area contributed by atoms with Crippen LogP contribution in [0.1, 0.15) is 25.7 Å². The first-order chi connectivity index (χ1) is 8.25. The molecule has 0 unspecified atom stereocenters. The second-order valence-electron chi connectivity index (χ2n) is 4.82. The maximum atomic E-state index is 11.8. The number of fused-ring (bicyclic) bond motifs is 1. The number of aromatic nitrogens is 1. The Bertz CT molecular complexity index is 591. The minimum atomic E-state index is -0.287. The van der Waals surface area contributed by atoms with Crippen LogP contribution in [0, 0.1) is 5.92 Å². The Balaban J connectivity index is 2.08. The zero-order valence-electron chi connectivity index (χ0n) is 9.69. The van der Waals surface area contributed by atoms with Crippen LogP contribution in [0.4, 0.5) is 5.69 Å². The Morgan fingerprint density at radius 2 is 2.12 bits per heavy atom. The highest BCUT2D eigenvalue weighted by molar-refractivity contribution is 5.85. The smallest absolute Gasteiger partial charge is 0.408 e. The topological polar surface area (TPSA) is 61.2 Å². The summed E-state index contributed by atoms with van der Waals surface area (Å²) >= 11 is 0. The van der Waals surface area contributed by atoms with Gasteiger partial charge in [0.05, 0.1) is 5.69 Å². The highest BCUT2D eigenvalue weighted by atomic mass is 16.4. The molecular formula is C13H16N2O2. The average Bonchev–Trinajstić information content (AvgIpc) is 2.89. The van der Waals surface area contributed by atoms with Crippen molar-refractivity contribution in [3.8, 4) is 0 Å². The van der Waals surface area contributed by atoms with Crippen molar-refractivity contribution in [2.45, 2.75) is 32.2 Å². The standard InChI is InChI=1S/C13H16N2O2/c14-10-6-3-7-11-12(10)15(13(16)17-11)8-9-4-1-2-5-9/h3,6-7,9H,1-2,4-5,8,14H2. The zero-order valence-corrected chi connectivity index (χ0v) is 9.69. The van der Waals surface area contributed by atoms with Gasteiger partial charge in [-0.1, -0.05) is 18.9 Å². The SMILES string of the molecule is Nc1cccc2oc(=O)n(CC3CCCC3)c12. The largest absolute Gasteiger partial charge is 0.420 e. The summed E-state index contributed by atoms with van der Waals surface area (Å²) in [4.78, 5) is 11.8. The molecule has 1 saturated carbocycles. The lowest BCUT2D eigenvalue weighted by Gasteiger charge is -2.09. The lowest BCUT2D eigenvalue weighted by Crippen LogP contribution is -2.19. The van der Waals surface area contributed by atoms with Gasteiger partial charge in [-0.2, -0.15) is 0 Å². The summed E-state index contributed by atoms with van der Waals surface area (Å²) in [7, 11) is 0. The quantitative estimate of drug-likeness (QED) is 0.808. The van der Waals surface area contributed by atoms with Crippen LogP contribution in [0.3, 0.4) is 0 Å². The number of oxazole rings is 1. The van der Waals surface area contributed by atoms with E-state index in [9.17, 15) is 4.79 Å². The Hall–Kier alpha value is -1.71. The second-order valence-corrected chi connectivity index (χ2v) is 4.82. The lowest BCUT2D eigenvalue weighted by molar-refractivity contribution is 0.423. The van der Waals surface area contributed by atoms with E-state index in [1.807, 2.05) is 6.07 Å². The molecular weight excluding hydrogens is 216 g/mol. The summed E-state index contributed by atoms with van der Waals surface area (Å²) in [6, 6.07) is 5.40. The number of hydrogen-bond donors (Lipinski definition) is 1. The third-order valence-electron chi connectivity index (χ3n) is 3.63. The molecule has 1 aromatic carbocycles. The van der Waals surface area contributed by atoms with Gasteiger partial charge in [-0.3, -0.25) is 4.57 Å². The molecule has 0 saturated heterocycles. The first kappa shape index (κ1) is 10.4. The van der Waals surface area contributed by atoms with Crippen molar-refractivity contribution in [2.24, 2.45) is 5.92 Å². The maximum Gasteiger partial charge on any atom is 0.420 e. The summed E-state index contributed by atoms with van der Waals surface area (Å²) in [6.07, 6.45) is 4.94. The summed E-state index contributed by atoms with van der Waals surface area (Å²) in [5, 5.41) is 0. The van der Waals surface area contributed by atoms with E-state index in [4.69, 9.17) is 10.2 Å². The Labute approximate surface area is 99.0 Å². The molecule has 0 bridgehead atoms. The number of anilines is 1. The maximum absolute atomic E-state index is 11.8. The first-order valence-electron chi connectivity index (χ1n) is 6.13. The average molecular weight is 232 g/mol. The van der Waals surface area contributed by atoms with Crippen LogP contribution in [-0.2, 0) is 6.54 Å². The molecule has 1 fully saturated rings. The van der Waals surface area contributed by atoms with Gasteiger partial charge in [0, 0.05) is 6.54 Å². The van der Waals surface area contributed by atoms with Crippen LogP contribution >= 0.6 is 0 Å². The summed E-state index contributed by atoms with van der Waals surface area (Å²) in [5.74, 6) is 0.304. The predicted octanol–water partition coefficient (Wildman–Crippen LogP) is 2.37. The fourth-order valence-corrected chi connectivity index (χ4v) is 2.77.